The summed E-state index contributed by atoms with van der Waals surface area (Å²) in [6.07, 6.45) is -0.307. The van der Waals surface area contributed by atoms with Crippen molar-refractivity contribution in [3.05, 3.63) is 27.3 Å². The Morgan fingerprint density at radius 3 is 2.53 bits per heavy atom. The normalized spacial score (nSPS) is 11.7. The number of hydrogen-bond acceptors (Lipinski definition) is 4. The SMILES string of the molecule is NC(=O)CC(N)C(=O)Nc1ccc(I)cc1C(=O)O. The Bertz CT molecular complexity index is 533. The number of nitrogens with two attached hydrogens (primary N) is 2. The quantitative estimate of drug-likeness (QED) is 0.541. The van der Waals surface area contributed by atoms with Crippen molar-refractivity contribution in [1.29, 1.82) is 0 Å². The van der Waals surface area contributed by atoms with Gasteiger partial charge in [-0.1, -0.05) is 0 Å². The van der Waals surface area contributed by atoms with Crippen LogP contribution in [0.2, 0.25) is 0 Å². The molecule has 19 heavy (non-hydrogen) atoms. The number of nitrogens with one attached hydrogen (secondary N) is 1. The molecule has 1 rings (SSSR count). The number of anilines is 1. The largest absolute Gasteiger partial charge is 0.478 e. The van der Waals surface area contributed by atoms with Gasteiger partial charge in [-0.3, -0.25) is 9.59 Å². The van der Waals surface area contributed by atoms with Crippen molar-refractivity contribution in [3.63, 3.8) is 0 Å². The summed E-state index contributed by atoms with van der Waals surface area (Å²) in [6, 6.07) is 3.40. The molecular weight excluding hydrogens is 365 g/mol. The number of carboxylic acid groups (broad SMARTS) is 1. The molecule has 7 nitrogen and oxygen atoms in total. The van der Waals surface area contributed by atoms with Crippen LogP contribution in [-0.2, 0) is 9.59 Å². The van der Waals surface area contributed by atoms with Crippen molar-refractivity contribution >= 4 is 46.1 Å². The monoisotopic (exact) mass is 377 g/mol. The number of hydrogen-bond donors (Lipinski definition) is 4. The minimum atomic E-state index is -1.17. The average molecular weight is 377 g/mol. The highest BCUT2D eigenvalue weighted by Crippen LogP contribution is 2.19. The number of benzene rings is 1. The van der Waals surface area contributed by atoms with Gasteiger partial charge in [0.1, 0.15) is 0 Å². The van der Waals surface area contributed by atoms with Gasteiger partial charge < -0.3 is 21.9 Å². The maximum Gasteiger partial charge on any atom is 0.337 e. The Morgan fingerprint density at radius 2 is 2.00 bits per heavy atom. The van der Waals surface area contributed by atoms with Crippen LogP contribution in [0.4, 0.5) is 5.69 Å². The molecule has 1 unspecified atom stereocenters. The summed E-state index contributed by atoms with van der Waals surface area (Å²) in [6.45, 7) is 0. The van der Waals surface area contributed by atoms with E-state index in [2.05, 4.69) is 5.32 Å². The van der Waals surface area contributed by atoms with E-state index in [1.54, 1.807) is 6.07 Å². The number of halogens is 1. The molecule has 0 aliphatic carbocycles. The van der Waals surface area contributed by atoms with Crippen LogP contribution in [0.25, 0.3) is 0 Å². The number of rotatable bonds is 5. The van der Waals surface area contributed by atoms with Gasteiger partial charge in [0.05, 0.1) is 23.7 Å². The second kappa shape index (κ2) is 6.48. The molecule has 8 heteroatoms. The molecule has 0 bridgehead atoms. The third kappa shape index (κ3) is 4.48. The van der Waals surface area contributed by atoms with E-state index in [0.29, 0.717) is 0 Å². The number of carbonyl (C=O) groups excluding carboxylic acids is 2. The summed E-state index contributed by atoms with van der Waals surface area (Å²) in [5.74, 6) is -2.54. The maximum atomic E-state index is 11.7. The predicted molar refractivity (Wildman–Crippen MR) is 76.5 cm³/mol. The highest BCUT2D eigenvalue weighted by Gasteiger charge is 2.19. The molecule has 0 radical (unpaired) electrons. The fourth-order valence-electron chi connectivity index (χ4n) is 1.34. The van der Waals surface area contributed by atoms with E-state index in [0.717, 1.165) is 3.57 Å². The number of primary amides is 1. The summed E-state index contributed by atoms with van der Waals surface area (Å²) < 4.78 is 0.717. The van der Waals surface area contributed by atoms with E-state index in [9.17, 15) is 14.4 Å². The number of aromatic carboxylic acids is 1. The van der Waals surface area contributed by atoms with Crippen molar-refractivity contribution in [1.82, 2.24) is 0 Å². The zero-order valence-electron chi connectivity index (χ0n) is 9.72. The summed E-state index contributed by atoms with van der Waals surface area (Å²) >= 11 is 1.96. The van der Waals surface area contributed by atoms with Crippen molar-refractivity contribution in [2.24, 2.45) is 11.5 Å². The lowest BCUT2D eigenvalue weighted by Gasteiger charge is -2.12. The average Bonchev–Trinajstić information content (AvgIpc) is 2.30. The summed E-state index contributed by atoms with van der Waals surface area (Å²) in [5.41, 5.74) is 10.5. The molecule has 0 aliphatic rings. The van der Waals surface area contributed by atoms with Gasteiger partial charge in [0.2, 0.25) is 11.8 Å². The molecule has 1 aromatic rings. The van der Waals surface area contributed by atoms with E-state index in [1.165, 1.54) is 12.1 Å². The van der Waals surface area contributed by atoms with E-state index >= 15 is 0 Å². The molecule has 0 aromatic heterocycles. The highest BCUT2D eigenvalue weighted by molar-refractivity contribution is 14.1. The lowest BCUT2D eigenvalue weighted by molar-refractivity contribution is -0.123. The number of amides is 2. The summed E-state index contributed by atoms with van der Waals surface area (Å²) in [7, 11) is 0. The Kier molecular flexibility index (Phi) is 5.24. The highest BCUT2D eigenvalue weighted by atomic mass is 127. The number of carboxylic acids is 1. The first kappa shape index (κ1) is 15.4. The van der Waals surface area contributed by atoms with Crippen LogP contribution in [0.1, 0.15) is 16.8 Å². The zero-order chi connectivity index (χ0) is 14.6. The topological polar surface area (TPSA) is 136 Å². The van der Waals surface area contributed by atoms with Crippen molar-refractivity contribution < 1.29 is 19.5 Å². The van der Waals surface area contributed by atoms with E-state index in [1.807, 2.05) is 22.6 Å². The van der Waals surface area contributed by atoms with Gasteiger partial charge in [0.15, 0.2) is 0 Å². The molecule has 0 saturated heterocycles. The van der Waals surface area contributed by atoms with Gasteiger partial charge in [-0.15, -0.1) is 0 Å². The van der Waals surface area contributed by atoms with Gasteiger partial charge in [0.25, 0.3) is 0 Å². The standard InChI is InChI=1S/C11H12IN3O4/c12-5-1-2-8(6(3-5)11(18)19)15-10(17)7(13)4-9(14)16/h1-3,7H,4,13H2,(H2,14,16)(H,15,17)(H,18,19). The lowest BCUT2D eigenvalue weighted by Crippen LogP contribution is -2.39. The van der Waals surface area contributed by atoms with Crippen LogP contribution in [0.3, 0.4) is 0 Å². The molecule has 0 fully saturated rings. The van der Waals surface area contributed by atoms with Crippen LogP contribution < -0.4 is 16.8 Å². The number of carbonyl (C=O) groups is 3. The molecule has 1 aromatic carbocycles. The third-order valence-corrected chi connectivity index (χ3v) is 2.90. The minimum absolute atomic E-state index is 0.0495. The van der Waals surface area contributed by atoms with Gasteiger partial charge in [-0.2, -0.15) is 0 Å². The van der Waals surface area contributed by atoms with E-state index < -0.39 is 23.8 Å². The smallest absolute Gasteiger partial charge is 0.337 e. The first-order valence-electron chi connectivity index (χ1n) is 5.19. The van der Waals surface area contributed by atoms with E-state index in [4.69, 9.17) is 16.6 Å². The van der Waals surface area contributed by atoms with Crippen LogP contribution in [0.5, 0.6) is 0 Å². The Hall–Kier alpha value is -1.68. The van der Waals surface area contributed by atoms with Crippen molar-refractivity contribution in [2.75, 3.05) is 5.32 Å². The Morgan fingerprint density at radius 1 is 1.37 bits per heavy atom. The second-order valence-electron chi connectivity index (χ2n) is 3.76. The molecule has 0 aliphatic heterocycles. The van der Waals surface area contributed by atoms with Crippen LogP contribution in [0, 0.1) is 3.57 Å². The minimum Gasteiger partial charge on any atom is -0.478 e. The predicted octanol–water partition coefficient (Wildman–Crippen LogP) is 0.131. The van der Waals surface area contributed by atoms with Gasteiger partial charge in [-0.05, 0) is 40.8 Å². The molecule has 102 valence electrons. The molecule has 2 amide bonds. The van der Waals surface area contributed by atoms with Crippen LogP contribution in [0.15, 0.2) is 18.2 Å². The molecule has 1 atom stereocenters. The Balaban J connectivity index is 2.90. The Labute approximate surface area is 122 Å². The van der Waals surface area contributed by atoms with Gasteiger partial charge in [0, 0.05) is 3.57 Å². The zero-order valence-corrected chi connectivity index (χ0v) is 11.9. The van der Waals surface area contributed by atoms with Crippen LogP contribution in [-0.4, -0.2) is 28.9 Å². The maximum absolute atomic E-state index is 11.7. The summed E-state index contributed by atoms with van der Waals surface area (Å²) in [4.78, 5) is 33.4. The third-order valence-electron chi connectivity index (χ3n) is 2.23. The fraction of sp³-hybridized carbons (Fsp3) is 0.182. The molecule has 0 spiro atoms. The lowest BCUT2D eigenvalue weighted by atomic mass is 10.1. The van der Waals surface area contributed by atoms with Crippen molar-refractivity contribution in [2.45, 2.75) is 12.5 Å². The first-order chi connectivity index (χ1) is 8.81. The molecule has 6 N–H and O–H groups in total. The molecule has 0 heterocycles. The van der Waals surface area contributed by atoms with Gasteiger partial charge >= 0.3 is 5.97 Å². The van der Waals surface area contributed by atoms with Crippen molar-refractivity contribution in [3.8, 4) is 0 Å². The van der Waals surface area contributed by atoms with Gasteiger partial charge in [-0.25, -0.2) is 4.79 Å². The first-order valence-corrected chi connectivity index (χ1v) is 6.26. The molecular formula is C11H12IN3O4. The summed E-state index contributed by atoms with van der Waals surface area (Å²) in [5, 5.41) is 11.4. The van der Waals surface area contributed by atoms with E-state index in [-0.39, 0.29) is 17.7 Å². The fourth-order valence-corrected chi connectivity index (χ4v) is 1.83. The molecule has 0 saturated carbocycles. The van der Waals surface area contributed by atoms with Crippen LogP contribution >= 0.6 is 22.6 Å². The second-order valence-corrected chi connectivity index (χ2v) is 5.01.